The molecule has 0 fully saturated rings. The van der Waals surface area contributed by atoms with E-state index in [1.165, 1.54) is 32.4 Å². The molecule has 11 aromatic rings. The molecule has 0 saturated carbocycles. The smallest absolute Gasteiger partial charge is 0.235 e. The molecule has 238 valence electrons. The monoisotopic (exact) mass is 651 g/mol. The van der Waals surface area contributed by atoms with Crippen molar-refractivity contribution in [2.24, 2.45) is 0 Å². The number of fused-ring (bicyclic) bond motifs is 8. The fourth-order valence-electron chi connectivity index (χ4n) is 7.97. The summed E-state index contributed by atoms with van der Waals surface area (Å²) in [5.74, 6) is 0.656. The Morgan fingerprint density at radius 2 is 0.961 bits per heavy atom. The Kier molecular flexibility index (Phi) is 5.89. The predicted molar refractivity (Wildman–Crippen MR) is 210 cm³/mol. The Hall–Kier alpha value is -6.98. The van der Waals surface area contributed by atoms with E-state index in [4.69, 9.17) is 9.97 Å². The molecule has 0 radical (unpaired) electrons. The lowest BCUT2D eigenvalue weighted by molar-refractivity contribution is 1.01. The van der Waals surface area contributed by atoms with Crippen molar-refractivity contribution in [3.05, 3.63) is 176 Å². The summed E-state index contributed by atoms with van der Waals surface area (Å²) in [6.45, 7) is 0. The van der Waals surface area contributed by atoms with Gasteiger partial charge in [0.25, 0.3) is 0 Å². The minimum atomic E-state index is 0.656. The lowest BCUT2D eigenvalue weighted by atomic mass is 10.1. The van der Waals surface area contributed by atoms with Crippen LogP contribution in [-0.4, -0.2) is 23.7 Å². The van der Waals surface area contributed by atoms with Crippen molar-refractivity contribution in [1.82, 2.24) is 23.7 Å². The van der Waals surface area contributed by atoms with E-state index in [0.717, 1.165) is 55.6 Å². The minimum Gasteiger partial charge on any atom is -0.316 e. The Morgan fingerprint density at radius 1 is 0.373 bits per heavy atom. The van der Waals surface area contributed by atoms with E-state index in [1.54, 1.807) is 0 Å². The van der Waals surface area contributed by atoms with E-state index in [1.807, 2.05) is 12.1 Å². The predicted octanol–water partition coefficient (Wildman–Crippen LogP) is 11.4. The number of para-hydroxylation sites is 4. The Morgan fingerprint density at radius 3 is 1.75 bits per heavy atom. The fourth-order valence-corrected chi connectivity index (χ4v) is 7.97. The third-order valence-corrected chi connectivity index (χ3v) is 10.3. The molecule has 5 nitrogen and oxygen atoms in total. The van der Waals surface area contributed by atoms with Gasteiger partial charge in [0.05, 0.1) is 38.8 Å². The van der Waals surface area contributed by atoms with Crippen LogP contribution in [0.15, 0.2) is 176 Å². The van der Waals surface area contributed by atoms with Crippen molar-refractivity contribution >= 4 is 65.4 Å². The summed E-state index contributed by atoms with van der Waals surface area (Å²) in [6.07, 6.45) is 2.17. The highest BCUT2D eigenvalue weighted by Crippen LogP contribution is 2.41. The molecule has 5 heteroatoms. The first-order chi connectivity index (χ1) is 25.3. The highest BCUT2D eigenvalue weighted by Gasteiger charge is 2.21. The van der Waals surface area contributed by atoms with E-state index < -0.39 is 0 Å². The topological polar surface area (TPSA) is 40.6 Å². The number of aromatic nitrogens is 5. The number of nitrogens with zero attached hydrogens (tertiary/aromatic N) is 5. The van der Waals surface area contributed by atoms with Crippen LogP contribution in [0.5, 0.6) is 0 Å². The molecule has 0 bridgehead atoms. The second-order valence-corrected chi connectivity index (χ2v) is 13.1. The summed E-state index contributed by atoms with van der Waals surface area (Å²) in [6, 6.07) is 60.2. The van der Waals surface area contributed by atoms with Crippen LogP contribution in [0.1, 0.15) is 0 Å². The highest BCUT2D eigenvalue weighted by atomic mass is 15.2. The zero-order chi connectivity index (χ0) is 33.5. The van der Waals surface area contributed by atoms with Crippen LogP contribution in [0.25, 0.3) is 94.0 Å². The summed E-state index contributed by atoms with van der Waals surface area (Å²) in [5.41, 5.74) is 10.8. The maximum Gasteiger partial charge on any atom is 0.235 e. The molecule has 0 aliphatic rings. The van der Waals surface area contributed by atoms with Gasteiger partial charge in [-0.2, -0.15) is 0 Å². The lowest BCUT2D eigenvalue weighted by Crippen LogP contribution is -2.03. The molecule has 0 spiro atoms. The molecule has 0 atom stereocenters. The molecule has 0 amide bonds. The van der Waals surface area contributed by atoms with E-state index in [9.17, 15) is 0 Å². The first-order valence-corrected chi connectivity index (χ1v) is 17.3. The van der Waals surface area contributed by atoms with Gasteiger partial charge in [0.15, 0.2) is 0 Å². The van der Waals surface area contributed by atoms with Crippen LogP contribution < -0.4 is 0 Å². The molecular formula is C46H29N5. The van der Waals surface area contributed by atoms with Gasteiger partial charge in [-0.1, -0.05) is 103 Å². The molecule has 7 aromatic carbocycles. The van der Waals surface area contributed by atoms with E-state index in [2.05, 4.69) is 178 Å². The van der Waals surface area contributed by atoms with Crippen LogP contribution >= 0.6 is 0 Å². The highest BCUT2D eigenvalue weighted by molar-refractivity contribution is 6.20. The van der Waals surface area contributed by atoms with Gasteiger partial charge in [0.1, 0.15) is 0 Å². The Bertz CT molecular complexity index is 3120. The molecule has 11 rings (SSSR count). The maximum absolute atomic E-state index is 5.33. The van der Waals surface area contributed by atoms with Crippen molar-refractivity contribution < 1.29 is 0 Å². The normalized spacial score (nSPS) is 11.9. The fraction of sp³-hybridized carbons (Fsp3) is 0. The van der Waals surface area contributed by atoms with Gasteiger partial charge >= 0.3 is 0 Å². The summed E-state index contributed by atoms with van der Waals surface area (Å²) in [7, 11) is 0. The number of rotatable bonds is 4. The largest absolute Gasteiger partial charge is 0.316 e. The van der Waals surface area contributed by atoms with Gasteiger partial charge in [-0.25, -0.2) is 9.97 Å². The lowest BCUT2D eigenvalue weighted by Gasteiger charge is -2.12. The van der Waals surface area contributed by atoms with Gasteiger partial charge in [0, 0.05) is 55.5 Å². The summed E-state index contributed by atoms with van der Waals surface area (Å²) in [4.78, 5) is 10.5. The Balaban J connectivity index is 1.26. The standard InChI is InChI=1S/C46H29N5/c1-4-14-30(15-5-1)45-35-21-10-12-22-39(35)47-46(48-45)51-40-23-13-11-20-34(40)37-27-38-36-26-31-24-25-49(32-16-6-2-7-17-32)41(31)28-42(36)50(43(38)29-44(37)51)33-18-8-3-9-19-33/h1-29H. The second-order valence-electron chi connectivity index (χ2n) is 13.1. The molecule has 51 heavy (non-hydrogen) atoms. The van der Waals surface area contributed by atoms with Crippen LogP contribution in [0, 0.1) is 0 Å². The first-order valence-electron chi connectivity index (χ1n) is 17.3. The first kappa shape index (κ1) is 27.9. The van der Waals surface area contributed by atoms with Gasteiger partial charge in [-0.15, -0.1) is 0 Å². The van der Waals surface area contributed by atoms with Crippen molar-refractivity contribution in [2.75, 3.05) is 0 Å². The SMILES string of the molecule is c1ccc(-c2nc(-n3c4ccccc4c4cc5c6cc7ccn(-c8ccccc8)c7cc6n(-c6ccccc6)c5cc43)nc3ccccc23)cc1. The van der Waals surface area contributed by atoms with E-state index in [0.29, 0.717) is 5.95 Å². The Labute approximate surface area is 292 Å². The summed E-state index contributed by atoms with van der Waals surface area (Å²) in [5, 5.41) is 7.02. The van der Waals surface area contributed by atoms with E-state index >= 15 is 0 Å². The van der Waals surface area contributed by atoms with Gasteiger partial charge in [-0.05, 0) is 66.7 Å². The van der Waals surface area contributed by atoms with Gasteiger partial charge in [-0.3, -0.25) is 4.57 Å². The molecule has 0 unspecified atom stereocenters. The zero-order valence-electron chi connectivity index (χ0n) is 27.5. The zero-order valence-corrected chi connectivity index (χ0v) is 27.5. The van der Waals surface area contributed by atoms with Crippen LogP contribution in [0.3, 0.4) is 0 Å². The number of benzene rings is 7. The minimum absolute atomic E-state index is 0.656. The average molecular weight is 652 g/mol. The van der Waals surface area contributed by atoms with Crippen LogP contribution in [0.4, 0.5) is 0 Å². The number of hydrogen-bond donors (Lipinski definition) is 0. The van der Waals surface area contributed by atoms with Crippen molar-refractivity contribution in [3.8, 4) is 28.6 Å². The molecule has 0 N–H and O–H groups in total. The third-order valence-electron chi connectivity index (χ3n) is 10.3. The van der Waals surface area contributed by atoms with E-state index in [-0.39, 0.29) is 0 Å². The molecule has 4 aromatic heterocycles. The van der Waals surface area contributed by atoms with Crippen molar-refractivity contribution in [1.29, 1.82) is 0 Å². The molecule has 0 saturated heterocycles. The van der Waals surface area contributed by atoms with Crippen LogP contribution in [-0.2, 0) is 0 Å². The number of hydrogen-bond acceptors (Lipinski definition) is 2. The van der Waals surface area contributed by atoms with Crippen molar-refractivity contribution in [2.45, 2.75) is 0 Å². The van der Waals surface area contributed by atoms with Gasteiger partial charge in [0.2, 0.25) is 5.95 Å². The van der Waals surface area contributed by atoms with Crippen LogP contribution in [0.2, 0.25) is 0 Å². The molecule has 4 heterocycles. The summed E-state index contributed by atoms with van der Waals surface area (Å²) >= 11 is 0. The summed E-state index contributed by atoms with van der Waals surface area (Å²) < 4.78 is 6.93. The molecule has 0 aliphatic heterocycles. The molecule has 0 aliphatic carbocycles. The maximum atomic E-state index is 5.33. The third kappa shape index (κ3) is 4.15. The average Bonchev–Trinajstić information content (AvgIpc) is 3.86. The van der Waals surface area contributed by atoms with Gasteiger partial charge < -0.3 is 9.13 Å². The molecular weight excluding hydrogens is 623 g/mol. The second kappa shape index (κ2) is 10.8. The van der Waals surface area contributed by atoms with Crippen molar-refractivity contribution in [3.63, 3.8) is 0 Å². The quantitative estimate of drug-likeness (QED) is 0.190.